The number of fused-ring (bicyclic) bond motifs is 1. The van der Waals surface area contributed by atoms with Gasteiger partial charge in [-0.2, -0.15) is 4.98 Å². The van der Waals surface area contributed by atoms with Crippen molar-refractivity contribution >= 4 is 17.4 Å². The van der Waals surface area contributed by atoms with Crippen LogP contribution >= 0.6 is 0 Å². The second kappa shape index (κ2) is 1.60. The molecule has 0 bridgehead atoms. The minimum Gasteiger partial charge on any atom is -0.380 e. The van der Waals surface area contributed by atoms with Gasteiger partial charge >= 0.3 is 0 Å². The first kappa shape index (κ1) is 5.90. The topological polar surface area (TPSA) is 100 Å². The van der Waals surface area contributed by atoms with Crippen LogP contribution in [0.4, 0.5) is 11.8 Å². The summed E-state index contributed by atoms with van der Waals surface area (Å²) in [6.45, 7) is 0. The smallest absolute Gasteiger partial charge is 0.208 e. The molecule has 0 aliphatic carbocycles. The molecule has 0 radical (unpaired) electrons. The maximum atomic E-state index is 5.51. The molecule has 0 fully saturated rings. The van der Waals surface area contributed by atoms with Crippen molar-refractivity contribution in [1.82, 2.24) is 14.1 Å². The molecule has 0 amide bonds. The summed E-state index contributed by atoms with van der Waals surface area (Å²) in [5, 5.41) is 0. The van der Waals surface area contributed by atoms with E-state index >= 15 is 0 Å². The molecule has 0 aliphatic heterocycles. The number of imidazole rings is 2. The highest BCUT2D eigenvalue weighted by molar-refractivity contribution is 5.65. The molecule has 0 aliphatic rings. The van der Waals surface area contributed by atoms with Crippen molar-refractivity contribution in [2.45, 2.75) is 0 Å². The number of anilines is 2. The van der Waals surface area contributed by atoms with Gasteiger partial charge in [0.1, 0.15) is 0 Å². The zero-order chi connectivity index (χ0) is 8.01. The van der Waals surface area contributed by atoms with E-state index in [1.54, 1.807) is 16.8 Å². The molecule has 2 aromatic rings. The largest absolute Gasteiger partial charge is 0.380 e. The Balaban J connectivity index is 2.98. The first-order valence-corrected chi connectivity index (χ1v) is 3.05. The number of nitrogens with zero attached hydrogens (tertiary/aromatic N) is 3. The number of rotatable bonds is 0. The van der Waals surface area contributed by atoms with Crippen LogP contribution in [0.3, 0.4) is 0 Å². The van der Waals surface area contributed by atoms with E-state index < -0.39 is 0 Å². The monoisotopic (exact) mass is 152 g/mol. The highest BCUT2D eigenvalue weighted by Gasteiger charge is 2.07. The van der Waals surface area contributed by atoms with Crippen molar-refractivity contribution in [3.8, 4) is 0 Å². The molecule has 2 rings (SSSR count). The normalized spacial score (nSPS) is 10.9. The highest BCUT2D eigenvalue weighted by atomic mass is 15.4. The lowest BCUT2D eigenvalue weighted by molar-refractivity contribution is 1.05. The first-order valence-electron chi connectivity index (χ1n) is 3.05. The van der Waals surface area contributed by atoms with E-state index in [1.165, 1.54) is 4.68 Å². The van der Waals surface area contributed by atoms with Gasteiger partial charge in [0.05, 0.1) is 0 Å². The molecule has 6 N–H and O–H groups in total. The molecule has 0 aromatic carbocycles. The van der Waals surface area contributed by atoms with Crippen molar-refractivity contribution in [1.29, 1.82) is 0 Å². The average molecular weight is 152 g/mol. The third kappa shape index (κ3) is 0.575. The van der Waals surface area contributed by atoms with Gasteiger partial charge in [-0.1, -0.05) is 0 Å². The van der Waals surface area contributed by atoms with Crippen molar-refractivity contribution in [2.75, 3.05) is 17.3 Å². The minimum atomic E-state index is 0.343. The van der Waals surface area contributed by atoms with E-state index in [-0.39, 0.29) is 0 Å². The summed E-state index contributed by atoms with van der Waals surface area (Å²) in [6.07, 6.45) is 3.36. The second-order valence-corrected chi connectivity index (χ2v) is 2.25. The Morgan fingerprint density at radius 1 is 1.27 bits per heavy atom. The molecule has 2 heterocycles. The van der Waals surface area contributed by atoms with Gasteiger partial charge in [0.25, 0.3) is 0 Å². The first-order chi connectivity index (χ1) is 5.20. The molecule has 0 spiro atoms. The van der Waals surface area contributed by atoms with Crippen LogP contribution in [0.5, 0.6) is 0 Å². The van der Waals surface area contributed by atoms with Crippen LogP contribution < -0.4 is 17.3 Å². The van der Waals surface area contributed by atoms with Crippen molar-refractivity contribution in [2.24, 2.45) is 0 Å². The molecule has 0 saturated carbocycles. The van der Waals surface area contributed by atoms with Gasteiger partial charge in [-0.3, -0.25) is 4.40 Å². The molecular weight excluding hydrogens is 144 g/mol. The van der Waals surface area contributed by atoms with Crippen molar-refractivity contribution in [3.63, 3.8) is 0 Å². The number of nitrogen functional groups attached to an aromatic ring is 3. The van der Waals surface area contributed by atoms with Crippen LogP contribution in [-0.2, 0) is 0 Å². The van der Waals surface area contributed by atoms with Gasteiger partial charge in [-0.15, -0.1) is 0 Å². The lowest BCUT2D eigenvalue weighted by Crippen LogP contribution is -2.06. The third-order valence-corrected chi connectivity index (χ3v) is 1.56. The van der Waals surface area contributed by atoms with E-state index in [0.717, 1.165) is 0 Å². The maximum absolute atomic E-state index is 5.51. The minimum absolute atomic E-state index is 0.343. The van der Waals surface area contributed by atoms with E-state index in [9.17, 15) is 0 Å². The Hall–Kier alpha value is -1.85. The second-order valence-electron chi connectivity index (χ2n) is 2.25. The Morgan fingerprint density at radius 3 is 2.64 bits per heavy atom. The number of hydrogen-bond acceptors (Lipinski definition) is 4. The number of hydrogen-bond donors (Lipinski definition) is 3. The average Bonchev–Trinajstić information content (AvgIpc) is 2.41. The fourth-order valence-corrected chi connectivity index (χ4v) is 1.07. The van der Waals surface area contributed by atoms with Gasteiger partial charge in [-0.05, 0) is 0 Å². The van der Waals surface area contributed by atoms with Crippen LogP contribution in [0.1, 0.15) is 0 Å². The summed E-state index contributed by atoms with van der Waals surface area (Å²) in [6, 6.07) is 0. The molecule has 11 heavy (non-hydrogen) atoms. The van der Waals surface area contributed by atoms with Crippen LogP contribution in [-0.4, -0.2) is 14.1 Å². The zero-order valence-corrected chi connectivity index (χ0v) is 5.73. The zero-order valence-electron chi connectivity index (χ0n) is 5.73. The maximum Gasteiger partial charge on any atom is 0.208 e. The highest BCUT2D eigenvalue weighted by Crippen LogP contribution is 2.14. The standard InChI is InChI=1S/C5H8N6/c6-3-4-10(5(7)9-3)1-2-11(4)8/h1-2H,6,8H2,(H2,7,9). The quantitative estimate of drug-likeness (QED) is 0.422. The van der Waals surface area contributed by atoms with E-state index in [2.05, 4.69) is 4.98 Å². The fourth-order valence-electron chi connectivity index (χ4n) is 1.07. The van der Waals surface area contributed by atoms with Crippen molar-refractivity contribution < 1.29 is 0 Å². The number of nitrogens with two attached hydrogens (primary N) is 3. The number of aromatic nitrogens is 3. The predicted molar refractivity (Wildman–Crippen MR) is 42.2 cm³/mol. The van der Waals surface area contributed by atoms with Gasteiger partial charge < -0.3 is 17.3 Å². The van der Waals surface area contributed by atoms with Gasteiger partial charge in [0.15, 0.2) is 11.5 Å². The summed E-state index contributed by atoms with van der Waals surface area (Å²) in [7, 11) is 0. The lowest BCUT2D eigenvalue weighted by Gasteiger charge is -1.90. The lowest BCUT2D eigenvalue weighted by atomic mass is 10.7. The Labute approximate surface area is 62.2 Å². The molecule has 6 heteroatoms. The van der Waals surface area contributed by atoms with Crippen LogP contribution in [0.15, 0.2) is 12.4 Å². The summed E-state index contributed by atoms with van der Waals surface area (Å²) >= 11 is 0. The van der Waals surface area contributed by atoms with Gasteiger partial charge in [-0.25, -0.2) is 4.68 Å². The Kier molecular flexibility index (Phi) is 0.857. The SMILES string of the molecule is Nc1nc(N)n2ccn(N)c12. The molecule has 58 valence electrons. The van der Waals surface area contributed by atoms with E-state index in [4.69, 9.17) is 17.3 Å². The molecule has 2 aromatic heterocycles. The summed E-state index contributed by atoms with van der Waals surface area (Å²) in [5.74, 6) is 6.20. The Bertz CT molecular complexity index is 396. The molecular formula is C5H8N6. The van der Waals surface area contributed by atoms with Crippen LogP contribution in [0.25, 0.3) is 5.65 Å². The Morgan fingerprint density at radius 2 is 2.00 bits per heavy atom. The van der Waals surface area contributed by atoms with E-state index in [1.807, 2.05) is 0 Å². The third-order valence-electron chi connectivity index (χ3n) is 1.56. The molecule has 0 unspecified atom stereocenters. The van der Waals surface area contributed by atoms with Crippen LogP contribution in [0, 0.1) is 0 Å². The summed E-state index contributed by atoms with van der Waals surface area (Å²) in [4.78, 5) is 3.83. The van der Waals surface area contributed by atoms with Gasteiger partial charge in [0.2, 0.25) is 5.95 Å². The fraction of sp³-hybridized carbons (Fsp3) is 0. The summed E-state index contributed by atoms with van der Waals surface area (Å²) < 4.78 is 2.99. The van der Waals surface area contributed by atoms with Gasteiger partial charge in [0, 0.05) is 12.4 Å². The predicted octanol–water partition coefficient (Wildman–Crippen LogP) is -0.986. The van der Waals surface area contributed by atoms with Crippen molar-refractivity contribution in [3.05, 3.63) is 12.4 Å². The molecule has 6 nitrogen and oxygen atoms in total. The van der Waals surface area contributed by atoms with E-state index in [0.29, 0.717) is 17.4 Å². The summed E-state index contributed by atoms with van der Waals surface area (Å²) in [5.41, 5.74) is 11.6. The molecule has 0 saturated heterocycles. The molecule has 0 atom stereocenters. The van der Waals surface area contributed by atoms with Crippen LogP contribution in [0.2, 0.25) is 0 Å².